The maximum Gasteiger partial charge on any atom is 0.224 e. The van der Waals surface area contributed by atoms with Crippen LogP contribution in [-0.4, -0.2) is 36.3 Å². The lowest BCUT2D eigenvalue weighted by molar-refractivity contribution is 0.181. The maximum absolute atomic E-state index is 5.82. The number of anilines is 1. The number of nitrogens with zero attached hydrogens (tertiary/aromatic N) is 3. The van der Waals surface area contributed by atoms with Crippen molar-refractivity contribution in [2.45, 2.75) is 26.8 Å². The van der Waals surface area contributed by atoms with Crippen LogP contribution in [0.15, 0.2) is 6.20 Å². The molecule has 1 heterocycles. The summed E-state index contributed by atoms with van der Waals surface area (Å²) in [5.74, 6) is 0.882. The summed E-state index contributed by atoms with van der Waals surface area (Å²) in [5, 5.41) is 0.281. The lowest BCUT2D eigenvalue weighted by Crippen LogP contribution is -2.37. The third kappa shape index (κ3) is 3.06. The third-order valence-electron chi connectivity index (χ3n) is 2.47. The molecule has 0 fully saturated rings. The Bertz CT molecular complexity index is 346. The monoisotopic (exact) mass is 243 g/mol. The number of hydrogen-bond acceptors (Lipinski definition) is 4. The molecule has 1 atom stereocenters. The minimum Gasteiger partial charge on any atom is -0.383 e. The summed E-state index contributed by atoms with van der Waals surface area (Å²) in [7, 11) is 1.70. The molecule has 4 nitrogen and oxygen atoms in total. The second-order valence-electron chi connectivity index (χ2n) is 3.74. The van der Waals surface area contributed by atoms with Gasteiger partial charge in [-0.3, -0.25) is 0 Å². The third-order valence-corrected chi connectivity index (χ3v) is 2.65. The average Bonchev–Trinajstić information content (AvgIpc) is 2.24. The molecule has 5 heteroatoms. The summed E-state index contributed by atoms with van der Waals surface area (Å²) in [6, 6.07) is 0.264. The predicted molar refractivity (Wildman–Crippen MR) is 66.1 cm³/mol. The Kier molecular flexibility index (Phi) is 4.96. The van der Waals surface area contributed by atoms with Gasteiger partial charge in [-0.25, -0.2) is 9.97 Å². The fraction of sp³-hybridized carbons (Fsp3) is 0.636. The first-order chi connectivity index (χ1) is 7.60. The standard InChI is InChI=1S/C11H18ClN3O/c1-5-15(9(3)7-16-4)10-8(2)6-13-11(12)14-10/h6,9H,5,7H2,1-4H3. The van der Waals surface area contributed by atoms with Gasteiger partial charge in [0.15, 0.2) is 0 Å². The van der Waals surface area contributed by atoms with Gasteiger partial charge < -0.3 is 9.64 Å². The van der Waals surface area contributed by atoms with E-state index in [1.807, 2.05) is 6.92 Å². The van der Waals surface area contributed by atoms with E-state index in [9.17, 15) is 0 Å². The van der Waals surface area contributed by atoms with Gasteiger partial charge in [-0.15, -0.1) is 0 Å². The zero-order valence-corrected chi connectivity index (χ0v) is 11.0. The Hall–Kier alpha value is -0.870. The quantitative estimate of drug-likeness (QED) is 0.744. The molecule has 90 valence electrons. The number of aryl methyl sites for hydroxylation is 1. The van der Waals surface area contributed by atoms with Crippen LogP contribution in [0.4, 0.5) is 5.82 Å². The number of methoxy groups -OCH3 is 1. The Morgan fingerprint density at radius 3 is 2.81 bits per heavy atom. The average molecular weight is 244 g/mol. The Balaban J connectivity index is 2.98. The second-order valence-corrected chi connectivity index (χ2v) is 4.07. The number of ether oxygens (including phenoxy) is 1. The number of halogens is 1. The molecule has 1 aromatic rings. The van der Waals surface area contributed by atoms with Crippen LogP contribution in [0, 0.1) is 6.92 Å². The van der Waals surface area contributed by atoms with Gasteiger partial charge in [0, 0.05) is 25.4 Å². The van der Waals surface area contributed by atoms with Gasteiger partial charge in [0.1, 0.15) is 5.82 Å². The van der Waals surface area contributed by atoms with Crippen molar-refractivity contribution in [1.29, 1.82) is 0 Å². The molecule has 0 bridgehead atoms. The first kappa shape index (κ1) is 13.2. The zero-order valence-electron chi connectivity index (χ0n) is 10.2. The maximum atomic E-state index is 5.82. The second kappa shape index (κ2) is 6.01. The molecule has 0 saturated carbocycles. The number of aromatic nitrogens is 2. The van der Waals surface area contributed by atoms with E-state index in [2.05, 4.69) is 28.7 Å². The highest BCUT2D eigenvalue weighted by Crippen LogP contribution is 2.20. The molecule has 0 aliphatic heterocycles. The van der Waals surface area contributed by atoms with Crippen LogP contribution < -0.4 is 4.90 Å². The molecule has 0 spiro atoms. The fourth-order valence-corrected chi connectivity index (χ4v) is 1.83. The normalized spacial score (nSPS) is 12.6. The summed E-state index contributed by atoms with van der Waals surface area (Å²) in [6.45, 7) is 7.69. The van der Waals surface area contributed by atoms with Crippen LogP contribution in [0.3, 0.4) is 0 Å². The molecule has 0 aliphatic rings. The van der Waals surface area contributed by atoms with Crippen LogP contribution in [-0.2, 0) is 4.74 Å². The highest BCUT2D eigenvalue weighted by molar-refractivity contribution is 6.28. The van der Waals surface area contributed by atoms with Crippen LogP contribution in [0.2, 0.25) is 5.28 Å². The van der Waals surface area contributed by atoms with Crippen LogP contribution in [0.5, 0.6) is 0 Å². The largest absolute Gasteiger partial charge is 0.383 e. The van der Waals surface area contributed by atoms with Crippen molar-refractivity contribution in [3.63, 3.8) is 0 Å². The molecule has 0 N–H and O–H groups in total. The van der Waals surface area contributed by atoms with Crippen LogP contribution in [0.25, 0.3) is 0 Å². The first-order valence-electron chi connectivity index (χ1n) is 5.34. The van der Waals surface area contributed by atoms with Gasteiger partial charge >= 0.3 is 0 Å². The number of hydrogen-bond donors (Lipinski definition) is 0. The van der Waals surface area contributed by atoms with Gasteiger partial charge in [-0.1, -0.05) is 0 Å². The Morgan fingerprint density at radius 1 is 1.56 bits per heavy atom. The van der Waals surface area contributed by atoms with E-state index in [0.717, 1.165) is 17.9 Å². The van der Waals surface area contributed by atoms with Crippen molar-refractivity contribution >= 4 is 17.4 Å². The molecule has 16 heavy (non-hydrogen) atoms. The van der Waals surface area contributed by atoms with Gasteiger partial charge in [0.05, 0.1) is 12.6 Å². The Morgan fingerprint density at radius 2 is 2.25 bits per heavy atom. The molecule has 0 aliphatic carbocycles. The molecule has 0 saturated heterocycles. The van der Waals surface area contributed by atoms with E-state index in [-0.39, 0.29) is 11.3 Å². The van der Waals surface area contributed by atoms with E-state index in [1.54, 1.807) is 13.3 Å². The van der Waals surface area contributed by atoms with E-state index in [4.69, 9.17) is 16.3 Å². The minimum atomic E-state index is 0.264. The molecular formula is C11H18ClN3O. The summed E-state index contributed by atoms with van der Waals surface area (Å²) in [5.41, 5.74) is 1.02. The first-order valence-corrected chi connectivity index (χ1v) is 5.72. The SMILES string of the molecule is CCN(c1nc(Cl)ncc1C)C(C)COC. The molecule has 1 unspecified atom stereocenters. The van der Waals surface area contributed by atoms with E-state index >= 15 is 0 Å². The number of likely N-dealkylation sites (N-methyl/N-ethyl adjacent to an activating group) is 1. The molecule has 1 aromatic heterocycles. The van der Waals surface area contributed by atoms with Crippen molar-refractivity contribution in [2.75, 3.05) is 25.2 Å². The molecule has 0 aromatic carbocycles. The molecule has 0 radical (unpaired) electrons. The minimum absolute atomic E-state index is 0.264. The fourth-order valence-electron chi connectivity index (χ4n) is 1.70. The van der Waals surface area contributed by atoms with Gasteiger partial charge in [0.2, 0.25) is 5.28 Å². The van der Waals surface area contributed by atoms with E-state index in [0.29, 0.717) is 6.61 Å². The van der Waals surface area contributed by atoms with Crippen LogP contribution in [0.1, 0.15) is 19.4 Å². The van der Waals surface area contributed by atoms with Gasteiger partial charge in [0.25, 0.3) is 0 Å². The summed E-state index contributed by atoms with van der Waals surface area (Å²) >= 11 is 5.82. The lowest BCUT2D eigenvalue weighted by atomic mass is 10.2. The summed E-state index contributed by atoms with van der Waals surface area (Å²) < 4.78 is 5.16. The predicted octanol–water partition coefficient (Wildman–Crippen LogP) is 2.30. The number of rotatable bonds is 5. The van der Waals surface area contributed by atoms with Crippen molar-refractivity contribution in [1.82, 2.24) is 9.97 Å². The highest BCUT2D eigenvalue weighted by atomic mass is 35.5. The lowest BCUT2D eigenvalue weighted by Gasteiger charge is -2.29. The van der Waals surface area contributed by atoms with Crippen LogP contribution >= 0.6 is 11.6 Å². The van der Waals surface area contributed by atoms with Gasteiger partial charge in [-0.05, 0) is 32.4 Å². The van der Waals surface area contributed by atoms with Gasteiger partial charge in [-0.2, -0.15) is 0 Å². The summed E-state index contributed by atoms with van der Waals surface area (Å²) in [6.07, 6.45) is 1.74. The summed E-state index contributed by atoms with van der Waals surface area (Å²) in [4.78, 5) is 10.4. The zero-order chi connectivity index (χ0) is 12.1. The molecular weight excluding hydrogens is 226 g/mol. The van der Waals surface area contributed by atoms with Crippen molar-refractivity contribution < 1.29 is 4.74 Å². The molecule has 1 rings (SSSR count). The Labute approximate surface area is 102 Å². The van der Waals surface area contributed by atoms with E-state index < -0.39 is 0 Å². The van der Waals surface area contributed by atoms with Crippen molar-refractivity contribution in [2.24, 2.45) is 0 Å². The molecule has 0 amide bonds. The van der Waals surface area contributed by atoms with Crippen molar-refractivity contribution in [3.05, 3.63) is 17.0 Å². The smallest absolute Gasteiger partial charge is 0.224 e. The topological polar surface area (TPSA) is 38.2 Å². The highest BCUT2D eigenvalue weighted by Gasteiger charge is 2.16. The van der Waals surface area contributed by atoms with E-state index in [1.165, 1.54) is 0 Å². The van der Waals surface area contributed by atoms with Crippen molar-refractivity contribution in [3.8, 4) is 0 Å².